The summed E-state index contributed by atoms with van der Waals surface area (Å²) in [6, 6.07) is 1.50. The Kier molecular flexibility index (Phi) is 8.77. The lowest BCUT2D eigenvalue weighted by Gasteiger charge is -2.22. The maximum Gasteiger partial charge on any atom is 0.258 e. The van der Waals surface area contributed by atoms with Gasteiger partial charge < -0.3 is 9.80 Å². The van der Waals surface area contributed by atoms with E-state index in [4.69, 9.17) is 0 Å². The van der Waals surface area contributed by atoms with Crippen molar-refractivity contribution in [1.82, 2.24) is 9.80 Å². The fraction of sp³-hybridized carbons (Fsp3) is 1.00. The van der Waals surface area contributed by atoms with Gasteiger partial charge in [0.25, 0.3) is 14.1 Å². The second-order valence-corrected chi connectivity index (χ2v) is 9.25. The van der Waals surface area contributed by atoms with Crippen LogP contribution in [0, 0.1) is 0 Å². The van der Waals surface area contributed by atoms with E-state index in [1.807, 2.05) is 0 Å². The predicted molar refractivity (Wildman–Crippen MR) is 76.8 cm³/mol. The molecule has 0 heterocycles. The molecule has 0 fully saturated rings. The van der Waals surface area contributed by atoms with E-state index in [0.29, 0.717) is 0 Å². The van der Waals surface area contributed by atoms with Gasteiger partial charge in [-0.3, -0.25) is 0 Å². The van der Waals surface area contributed by atoms with Gasteiger partial charge in [0.15, 0.2) is 0 Å². The van der Waals surface area contributed by atoms with Gasteiger partial charge in [0, 0.05) is 12.1 Å². The fourth-order valence-electron chi connectivity index (χ4n) is 1.71. The lowest BCUT2D eigenvalue weighted by molar-refractivity contribution is 0.303. The first-order valence-electron chi connectivity index (χ1n) is 6.67. The Labute approximate surface area is 107 Å². The minimum atomic E-state index is -0.450. The number of hydrogen-bond acceptors (Lipinski definition) is 2. The SMILES string of the molecule is CC(C[CH2][Al]([CH3])[CH2]CC(C)N(C)C)N(C)C. The standard InChI is InChI=1S/2C6H14N.CH3.Al/c2*1-5-6(2)7(3)4;;/h2*6H,1,5H2,2-4H3;1H3;. The highest BCUT2D eigenvalue weighted by atomic mass is 27.2. The average Bonchev–Trinajstić information content (AvgIpc) is 2.21. The summed E-state index contributed by atoms with van der Waals surface area (Å²) in [5.74, 6) is 2.53. The van der Waals surface area contributed by atoms with Crippen LogP contribution in [0.3, 0.4) is 0 Å². The fourth-order valence-corrected chi connectivity index (χ4v) is 4.10. The first kappa shape index (κ1) is 16.5. The zero-order valence-electron chi connectivity index (χ0n) is 12.5. The molecule has 2 nitrogen and oxygen atoms in total. The smallest absolute Gasteiger partial charge is 0.258 e. The zero-order chi connectivity index (χ0) is 12.7. The van der Waals surface area contributed by atoms with Gasteiger partial charge in [0.1, 0.15) is 0 Å². The summed E-state index contributed by atoms with van der Waals surface area (Å²) in [6.07, 6.45) is 2.77. The monoisotopic (exact) mass is 242 g/mol. The molecular weight excluding hydrogens is 211 g/mol. The van der Waals surface area contributed by atoms with Crippen molar-refractivity contribution in [2.75, 3.05) is 28.2 Å². The van der Waals surface area contributed by atoms with Crippen molar-refractivity contribution < 1.29 is 0 Å². The van der Waals surface area contributed by atoms with Gasteiger partial charge in [0.05, 0.1) is 0 Å². The van der Waals surface area contributed by atoms with Crippen LogP contribution in [0.5, 0.6) is 0 Å². The molecule has 0 aliphatic heterocycles. The summed E-state index contributed by atoms with van der Waals surface area (Å²) in [4.78, 5) is 4.67. The summed E-state index contributed by atoms with van der Waals surface area (Å²) in [5, 5.41) is 3.00. The molecule has 0 saturated heterocycles. The van der Waals surface area contributed by atoms with Crippen molar-refractivity contribution in [3.8, 4) is 0 Å². The molecule has 0 aliphatic carbocycles. The highest BCUT2D eigenvalue weighted by Gasteiger charge is 2.15. The van der Waals surface area contributed by atoms with Crippen LogP contribution in [0.25, 0.3) is 0 Å². The van der Waals surface area contributed by atoms with Crippen LogP contribution in [-0.4, -0.2) is 64.2 Å². The molecule has 0 rings (SSSR count). The lowest BCUT2D eigenvalue weighted by atomic mass is 10.2. The van der Waals surface area contributed by atoms with Crippen LogP contribution in [0.4, 0.5) is 0 Å². The maximum absolute atomic E-state index is 2.53. The number of nitrogens with zero attached hydrogens (tertiary/aromatic N) is 2. The maximum atomic E-state index is 2.53. The summed E-state index contributed by atoms with van der Waals surface area (Å²) in [5.41, 5.74) is 0. The summed E-state index contributed by atoms with van der Waals surface area (Å²) < 4.78 is 0. The van der Waals surface area contributed by atoms with E-state index in [-0.39, 0.29) is 0 Å². The molecule has 2 unspecified atom stereocenters. The molecule has 0 amide bonds. The van der Waals surface area contributed by atoms with E-state index >= 15 is 0 Å². The minimum Gasteiger partial charge on any atom is -0.307 e. The second kappa shape index (κ2) is 8.53. The number of hydrogen-bond donors (Lipinski definition) is 0. The van der Waals surface area contributed by atoms with Gasteiger partial charge in [-0.1, -0.05) is 10.6 Å². The van der Waals surface area contributed by atoms with E-state index in [2.05, 4.69) is 57.6 Å². The van der Waals surface area contributed by atoms with E-state index < -0.39 is 14.1 Å². The summed E-state index contributed by atoms with van der Waals surface area (Å²) >= 11 is -0.450. The Hall–Kier alpha value is 0.452. The van der Waals surface area contributed by atoms with Crippen LogP contribution in [0.2, 0.25) is 16.4 Å². The van der Waals surface area contributed by atoms with Gasteiger partial charge in [0.2, 0.25) is 0 Å². The van der Waals surface area contributed by atoms with E-state index in [9.17, 15) is 0 Å². The lowest BCUT2D eigenvalue weighted by Crippen LogP contribution is -2.27. The van der Waals surface area contributed by atoms with Crippen molar-refractivity contribution >= 4 is 14.1 Å². The molecule has 0 radical (unpaired) electrons. The Morgan fingerprint density at radius 1 is 0.812 bits per heavy atom. The van der Waals surface area contributed by atoms with Gasteiger partial charge in [-0.05, 0) is 54.9 Å². The van der Waals surface area contributed by atoms with Crippen molar-refractivity contribution in [2.45, 2.75) is 55.1 Å². The average molecular weight is 242 g/mol. The van der Waals surface area contributed by atoms with E-state index in [1.165, 1.54) is 23.4 Å². The van der Waals surface area contributed by atoms with Crippen LogP contribution < -0.4 is 0 Å². The molecular formula is C13H31AlN2. The Morgan fingerprint density at radius 3 is 1.38 bits per heavy atom. The second-order valence-electron chi connectivity index (χ2n) is 5.89. The first-order valence-corrected chi connectivity index (χ1v) is 9.46. The van der Waals surface area contributed by atoms with Crippen molar-refractivity contribution in [3.63, 3.8) is 0 Å². The van der Waals surface area contributed by atoms with Gasteiger partial charge >= 0.3 is 0 Å². The molecule has 0 spiro atoms. The molecule has 0 aromatic carbocycles. The van der Waals surface area contributed by atoms with Gasteiger partial charge in [-0.15, -0.1) is 5.79 Å². The predicted octanol–water partition coefficient (Wildman–Crippen LogP) is 2.79. The number of rotatable bonds is 8. The summed E-state index contributed by atoms with van der Waals surface area (Å²) in [6.45, 7) is 4.67. The highest BCUT2D eigenvalue weighted by molar-refractivity contribution is 6.57. The largest absolute Gasteiger partial charge is 0.307 e. The molecule has 0 aromatic heterocycles. The van der Waals surface area contributed by atoms with E-state index in [1.54, 1.807) is 0 Å². The van der Waals surface area contributed by atoms with Crippen LogP contribution in [0.15, 0.2) is 0 Å². The van der Waals surface area contributed by atoms with Crippen LogP contribution >= 0.6 is 0 Å². The summed E-state index contributed by atoms with van der Waals surface area (Å²) in [7, 11) is 8.74. The molecule has 96 valence electrons. The molecule has 0 N–H and O–H groups in total. The third-order valence-electron chi connectivity index (χ3n) is 3.92. The normalized spacial score (nSPS) is 15.6. The first-order chi connectivity index (χ1) is 7.34. The van der Waals surface area contributed by atoms with Crippen LogP contribution in [-0.2, 0) is 0 Å². The molecule has 0 bridgehead atoms. The molecule has 0 aliphatic rings. The van der Waals surface area contributed by atoms with Gasteiger partial charge in [-0.25, -0.2) is 0 Å². The Morgan fingerprint density at radius 2 is 1.12 bits per heavy atom. The topological polar surface area (TPSA) is 6.48 Å². The van der Waals surface area contributed by atoms with Crippen LogP contribution in [0.1, 0.15) is 26.7 Å². The van der Waals surface area contributed by atoms with E-state index in [0.717, 1.165) is 12.1 Å². The Balaban J connectivity index is 3.63. The third kappa shape index (κ3) is 7.68. The van der Waals surface area contributed by atoms with Gasteiger partial charge in [-0.2, -0.15) is 0 Å². The Bertz CT molecular complexity index is 153. The molecule has 3 heteroatoms. The molecule has 16 heavy (non-hydrogen) atoms. The highest BCUT2D eigenvalue weighted by Crippen LogP contribution is 2.13. The molecule has 0 aromatic rings. The molecule has 0 saturated carbocycles. The quantitative estimate of drug-likeness (QED) is 0.604. The van der Waals surface area contributed by atoms with Crippen molar-refractivity contribution in [2.24, 2.45) is 0 Å². The molecule has 2 atom stereocenters. The van der Waals surface area contributed by atoms with Crippen molar-refractivity contribution in [1.29, 1.82) is 0 Å². The third-order valence-corrected chi connectivity index (χ3v) is 6.56. The van der Waals surface area contributed by atoms with Crippen molar-refractivity contribution in [3.05, 3.63) is 0 Å². The minimum absolute atomic E-state index is 0.450. The zero-order valence-corrected chi connectivity index (χ0v) is 13.6.